The zero-order valence-corrected chi connectivity index (χ0v) is 8.37. The van der Waals surface area contributed by atoms with Crippen LogP contribution in [0.3, 0.4) is 0 Å². The highest BCUT2D eigenvalue weighted by molar-refractivity contribution is 6.42. The minimum Gasteiger partial charge on any atom is -0.503 e. The van der Waals surface area contributed by atoms with E-state index in [0.29, 0.717) is 0 Å². The van der Waals surface area contributed by atoms with Gasteiger partial charge in [-0.05, 0) is 6.92 Å². The fraction of sp³-hybridized carbons (Fsp3) is 0.200. The summed E-state index contributed by atoms with van der Waals surface area (Å²) in [5.74, 6) is -3.40. The zero-order valence-electron chi connectivity index (χ0n) is 8.37. The van der Waals surface area contributed by atoms with E-state index in [9.17, 15) is 13.6 Å². The lowest BCUT2D eigenvalue weighted by Crippen LogP contribution is -2.18. The Labute approximate surface area is 89.8 Å². The van der Waals surface area contributed by atoms with Crippen LogP contribution in [0.1, 0.15) is 6.92 Å². The number of benzene rings is 1. The van der Waals surface area contributed by atoms with Crippen LogP contribution < -0.4 is 5.01 Å². The van der Waals surface area contributed by atoms with Crippen molar-refractivity contribution >= 4 is 17.2 Å². The van der Waals surface area contributed by atoms with Crippen LogP contribution >= 0.6 is 0 Å². The predicted octanol–water partition coefficient (Wildman–Crippen LogP) is 1.44. The molecule has 1 heterocycles. The van der Waals surface area contributed by atoms with Gasteiger partial charge in [-0.25, -0.2) is 8.78 Å². The number of halogens is 2. The standard InChI is InChI=1S/C10H8F2N2O2/c1-5-9(15)4-14(13-5)6-2-7(11)10(16)8(12)3-6/h2-3,16H,4H2,1H3. The Morgan fingerprint density at radius 2 is 1.94 bits per heavy atom. The van der Waals surface area contributed by atoms with E-state index in [1.165, 1.54) is 11.9 Å². The van der Waals surface area contributed by atoms with Gasteiger partial charge in [0, 0.05) is 12.1 Å². The van der Waals surface area contributed by atoms with Crippen molar-refractivity contribution in [1.82, 2.24) is 0 Å². The van der Waals surface area contributed by atoms with Crippen molar-refractivity contribution in [2.75, 3.05) is 11.6 Å². The van der Waals surface area contributed by atoms with E-state index in [4.69, 9.17) is 5.11 Å². The second kappa shape index (κ2) is 3.55. The van der Waals surface area contributed by atoms with E-state index in [2.05, 4.69) is 5.10 Å². The number of phenolic OH excluding ortho intramolecular Hbond substituents is 1. The molecule has 1 aliphatic rings. The molecule has 0 atom stereocenters. The first-order valence-electron chi connectivity index (χ1n) is 4.53. The third-order valence-corrected chi connectivity index (χ3v) is 2.27. The van der Waals surface area contributed by atoms with Crippen LogP contribution in [-0.4, -0.2) is 23.1 Å². The quantitative estimate of drug-likeness (QED) is 0.788. The number of nitrogens with zero attached hydrogens (tertiary/aromatic N) is 2. The molecule has 0 aromatic heterocycles. The second-order valence-electron chi connectivity index (χ2n) is 3.42. The van der Waals surface area contributed by atoms with Crippen molar-refractivity contribution < 1.29 is 18.7 Å². The molecule has 1 N–H and O–H groups in total. The average Bonchev–Trinajstić information content (AvgIpc) is 2.55. The first-order chi connectivity index (χ1) is 7.49. The summed E-state index contributed by atoms with van der Waals surface area (Å²) in [5, 5.41) is 13.9. The molecular formula is C10H8F2N2O2. The van der Waals surface area contributed by atoms with Gasteiger partial charge in [0.2, 0.25) is 0 Å². The highest BCUT2D eigenvalue weighted by Gasteiger charge is 2.23. The molecule has 84 valence electrons. The SMILES string of the molecule is CC1=NN(c2cc(F)c(O)c(F)c2)CC1=O. The van der Waals surface area contributed by atoms with E-state index in [1.807, 2.05) is 0 Å². The Kier molecular flexibility index (Phi) is 2.34. The molecule has 16 heavy (non-hydrogen) atoms. The van der Waals surface area contributed by atoms with Crippen LogP contribution in [0.4, 0.5) is 14.5 Å². The third-order valence-electron chi connectivity index (χ3n) is 2.27. The highest BCUT2D eigenvalue weighted by Crippen LogP contribution is 2.27. The van der Waals surface area contributed by atoms with Crippen molar-refractivity contribution in [2.45, 2.75) is 6.92 Å². The summed E-state index contributed by atoms with van der Waals surface area (Å²) < 4.78 is 26.1. The van der Waals surface area contributed by atoms with E-state index in [1.54, 1.807) is 0 Å². The summed E-state index contributed by atoms with van der Waals surface area (Å²) in [6.45, 7) is 1.48. The summed E-state index contributed by atoms with van der Waals surface area (Å²) >= 11 is 0. The van der Waals surface area contributed by atoms with Gasteiger partial charge in [0.25, 0.3) is 0 Å². The van der Waals surface area contributed by atoms with Gasteiger partial charge < -0.3 is 5.11 Å². The molecule has 0 saturated heterocycles. The first kappa shape index (κ1) is 10.5. The molecule has 0 unspecified atom stereocenters. The Hall–Kier alpha value is -1.98. The molecule has 2 rings (SSSR count). The van der Waals surface area contributed by atoms with Gasteiger partial charge in [-0.1, -0.05) is 0 Å². The summed E-state index contributed by atoms with van der Waals surface area (Å²) in [7, 11) is 0. The number of hydrazone groups is 1. The van der Waals surface area contributed by atoms with Crippen LogP contribution in [0.15, 0.2) is 17.2 Å². The number of carbonyl (C=O) groups is 1. The minimum absolute atomic E-state index is 0.0461. The largest absolute Gasteiger partial charge is 0.503 e. The maximum absolute atomic E-state index is 13.0. The Morgan fingerprint density at radius 3 is 2.38 bits per heavy atom. The lowest BCUT2D eigenvalue weighted by Gasteiger charge is -2.13. The van der Waals surface area contributed by atoms with Crippen molar-refractivity contribution in [3.8, 4) is 5.75 Å². The predicted molar refractivity (Wildman–Crippen MR) is 53.5 cm³/mol. The van der Waals surface area contributed by atoms with E-state index in [-0.39, 0.29) is 23.7 Å². The highest BCUT2D eigenvalue weighted by atomic mass is 19.1. The Morgan fingerprint density at radius 1 is 1.38 bits per heavy atom. The number of aromatic hydroxyl groups is 1. The van der Waals surface area contributed by atoms with Gasteiger partial charge in [-0.15, -0.1) is 0 Å². The van der Waals surface area contributed by atoms with E-state index < -0.39 is 17.4 Å². The van der Waals surface area contributed by atoms with Gasteiger partial charge >= 0.3 is 0 Å². The molecule has 0 amide bonds. The van der Waals surface area contributed by atoms with E-state index >= 15 is 0 Å². The number of anilines is 1. The molecule has 1 aromatic rings. The van der Waals surface area contributed by atoms with Gasteiger partial charge in [0.15, 0.2) is 23.2 Å². The minimum atomic E-state index is -1.08. The van der Waals surface area contributed by atoms with Crippen LogP contribution in [-0.2, 0) is 4.79 Å². The van der Waals surface area contributed by atoms with Crippen LogP contribution in [0.2, 0.25) is 0 Å². The zero-order chi connectivity index (χ0) is 11.9. The maximum atomic E-state index is 13.0. The molecule has 0 saturated carbocycles. The molecule has 0 fully saturated rings. The van der Waals surface area contributed by atoms with Crippen LogP contribution in [0, 0.1) is 11.6 Å². The Balaban J connectivity index is 2.40. The van der Waals surface area contributed by atoms with Crippen molar-refractivity contribution in [3.63, 3.8) is 0 Å². The smallest absolute Gasteiger partial charge is 0.199 e. The molecule has 0 bridgehead atoms. The first-order valence-corrected chi connectivity index (χ1v) is 4.53. The summed E-state index contributed by atoms with van der Waals surface area (Å²) in [6.07, 6.45) is 0. The normalized spacial score (nSPS) is 15.6. The van der Waals surface area contributed by atoms with Crippen LogP contribution in [0.25, 0.3) is 0 Å². The van der Waals surface area contributed by atoms with Gasteiger partial charge in [-0.3, -0.25) is 9.80 Å². The Bertz CT molecular complexity index is 477. The monoisotopic (exact) mass is 226 g/mol. The van der Waals surface area contributed by atoms with Gasteiger partial charge in [0.1, 0.15) is 12.3 Å². The number of phenols is 1. The maximum Gasteiger partial charge on any atom is 0.199 e. The van der Waals surface area contributed by atoms with Crippen molar-refractivity contribution in [1.29, 1.82) is 0 Å². The molecule has 1 aromatic carbocycles. The summed E-state index contributed by atoms with van der Waals surface area (Å²) in [6, 6.07) is 1.85. The number of rotatable bonds is 1. The molecule has 0 radical (unpaired) electrons. The molecule has 4 nitrogen and oxygen atoms in total. The number of Topliss-reactive ketones (excluding diaryl/α,β-unsaturated/α-hetero) is 1. The lowest BCUT2D eigenvalue weighted by atomic mass is 10.2. The fourth-order valence-corrected chi connectivity index (χ4v) is 1.37. The van der Waals surface area contributed by atoms with Crippen molar-refractivity contribution in [3.05, 3.63) is 23.8 Å². The average molecular weight is 226 g/mol. The molecule has 6 heteroatoms. The molecule has 0 spiro atoms. The lowest BCUT2D eigenvalue weighted by molar-refractivity contribution is -0.111. The van der Waals surface area contributed by atoms with Crippen LogP contribution in [0.5, 0.6) is 5.75 Å². The number of ketones is 1. The number of carbonyl (C=O) groups excluding carboxylic acids is 1. The second-order valence-corrected chi connectivity index (χ2v) is 3.42. The van der Waals surface area contributed by atoms with E-state index in [0.717, 1.165) is 12.1 Å². The number of hydrogen-bond acceptors (Lipinski definition) is 4. The van der Waals surface area contributed by atoms with Crippen molar-refractivity contribution in [2.24, 2.45) is 5.10 Å². The molecule has 1 aliphatic heterocycles. The summed E-state index contributed by atoms with van der Waals surface area (Å²) in [4.78, 5) is 11.2. The fourth-order valence-electron chi connectivity index (χ4n) is 1.37. The molecule has 0 aliphatic carbocycles. The third kappa shape index (κ3) is 1.62. The number of hydrogen-bond donors (Lipinski definition) is 1. The topological polar surface area (TPSA) is 52.9 Å². The molecular weight excluding hydrogens is 218 g/mol. The van der Waals surface area contributed by atoms with Gasteiger partial charge in [-0.2, -0.15) is 5.10 Å². The van der Waals surface area contributed by atoms with Gasteiger partial charge in [0.05, 0.1) is 5.69 Å². The summed E-state index contributed by atoms with van der Waals surface area (Å²) in [5.41, 5.74) is 0.381.